The molecule has 0 heterocycles. The first-order chi connectivity index (χ1) is 5.83. The first-order valence-electron chi connectivity index (χ1n) is 3.88. The van der Waals surface area contributed by atoms with E-state index in [4.69, 9.17) is 0 Å². The lowest BCUT2D eigenvalue weighted by Gasteiger charge is -2.04. The first-order valence-corrected chi connectivity index (χ1v) is 6.08. The highest BCUT2D eigenvalue weighted by molar-refractivity contribution is 14.1. The molecule has 0 spiro atoms. The number of benzene rings is 1. The van der Waals surface area contributed by atoms with Gasteiger partial charge in [0, 0.05) is 21.1 Å². The maximum atomic E-state index is 3.39. The molecule has 1 rings (SSSR count). The van der Waals surface area contributed by atoms with E-state index < -0.39 is 0 Å². The minimum Gasteiger partial charge on any atom is -0.385 e. The summed E-state index contributed by atoms with van der Waals surface area (Å²) in [5, 5.41) is 4.40. The van der Waals surface area contributed by atoms with Gasteiger partial charge >= 0.3 is 0 Å². The van der Waals surface area contributed by atoms with Crippen LogP contribution in [-0.2, 0) is 0 Å². The molecule has 0 aliphatic carbocycles. The third kappa shape index (κ3) is 3.76. The van der Waals surface area contributed by atoms with E-state index in [9.17, 15) is 0 Å². The zero-order valence-corrected chi connectivity index (χ0v) is 10.4. The summed E-state index contributed by atoms with van der Waals surface area (Å²) in [5.41, 5.74) is 1.20. The van der Waals surface area contributed by atoms with E-state index in [0.717, 1.165) is 18.3 Å². The number of halogens is 2. The Kier molecular flexibility index (Phi) is 4.99. The molecule has 0 bridgehead atoms. The van der Waals surface area contributed by atoms with E-state index in [2.05, 4.69) is 68.1 Å². The molecule has 12 heavy (non-hydrogen) atoms. The van der Waals surface area contributed by atoms with Gasteiger partial charge in [0.1, 0.15) is 0 Å². The van der Waals surface area contributed by atoms with Crippen LogP contribution in [0, 0.1) is 3.57 Å². The van der Waals surface area contributed by atoms with Gasteiger partial charge in [-0.15, -0.1) is 0 Å². The van der Waals surface area contributed by atoms with Gasteiger partial charge in [-0.2, -0.15) is 0 Å². The minimum atomic E-state index is 1.03. The SMILES string of the molecule is BrCCCNc1ccc(I)cc1. The van der Waals surface area contributed by atoms with E-state index in [0.29, 0.717) is 0 Å². The molecule has 0 saturated heterocycles. The Morgan fingerprint density at radius 3 is 2.50 bits per heavy atom. The Morgan fingerprint density at radius 1 is 1.25 bits per heavy atom. The van der Waals surface area contributed by atoms with Crippen molar-refractivity contribution in [2.45, 2.75) is 6.42 Å². The zero-order valence-electron chi connectivity index (χ0n) is 6.69. The van der Waals surface area contributed by atoms with E-state index in [1.165, 1.54) is 9.26 Å². The van der Waals surface area contributed by atoms with Gasteiger partial charge in [-0.25, -0.2) is 0 Å². The highest BCUT2D eigenvalue weighted by atomic mass is 127. The van der Waals surface area contributed by atoms with Crippen LogP contribution in [0.25, 0.3) is 0 Å². The fourth-order valence-electron chi connectivity index (χ4n) is 0.867. The van der Waals surface area contributed by atoms with Crippen molar-refractivity contribution >= 4 is 44.2 Å². The number of hydrogen-bond acceptors (Lipinski definition) is 1. The van der Waals surface area contributed by atoms with E-state index >= 15 is 0 Å². The summed E-state index contributed by atoms with van der Waals surface area (Å²) >= 11 is 5.70. The summed E-state index contributed by atoms with van der Waals surface area (Å²) in [4.78, 5) is 0. The van der Waals surface area contributed by atoms with Crippen LogP contribution in [0.3, 0.4) is 0 Å². The normalized spacial score (nSPS) is 9.83. The Balaban J connectivity index is 2.37. The lowest BCUT2D eigenvalue weighted by atomic mass is 10.3. The van der Waals surface area contributed by atoms with Gasteiger partial charge in [0.05, 0.1) is 0 Å². The summed E-state index contributed by atoms with van der Waals surface area (Å²) in [6.45, 7) is 1.03. The summed E-state index contributed by atoms with van der Waals surface area (Å²) in [5.74, 6) is 0. The molecule has 3 heteroatoms. The quantitative estimate of drug-likeness (QED) is 0.503. The molecule has 0 fully saturated rings. The van der Waals surface area contributed by atoms with Crippen molar-refractivity contribution in [2.24, 2.45) is 0 Å². The van der Waals surface area contributed by atoms with Gasteiger partial charge in [0.2, 0.25) is 0 Å². The highest BCUT2D eigenvalue weighted by Crippen LogP contribution is 2.10. The lowest BCUT2D eigenvalue weighted by molar-refractivity contribution is 0.999. The Morgan fingerprint density at radius 2 is 1.92 bits per heavy atom. The van der Waals surface area contributed by atoms with Crippen LogP contribution < -0.4 is 5.32 Å². The predicted molar refractivity (Wildman–Crippen MR) is 66.1 cm³/mol. The van der Waals surface area contributed by atoms with Crippen LogP contribution in [-0.4, -0.2) is 11.9 Å². The van der Waals surface area contributed by atoms with Gasteiger partial charge in [-0.3, -0.25) is 0 Å². The number of hydrogen-bond donors (Lipinski definition) is 1. The molecule has 66 valence electrons. The van der Waals surface area contributed by atoms with Gasteiger partial charge in [-0.1, -0.05) is 15.9 Å². The molecule has 0 amide bonds. The second-order valence-corrected chi connectivity index (χ2v) is 4.51. The smallest absolute Gasteiger partial charge is 0.0340 e. The average Bonchev–Trinajstić information content (AvgIpc) is 2.09. The van der Waals surface area contributed by atoms with Crippen molar-refractivity contribution in [3.05, 3.63) is 27.8 Å². The molecule has 1 N–H and O–H groups in total. The minimum absolute atomic E-state index is 1.03. The molecule has 1 nitrogen and oxygen atoms in total. The van der Waals surface area contributed by atoms with Crippen molar-refractivity contribution in [1.82, 2.24) is 0 Å². The molecule has 0 aliphatic heterocycles. The second kappa shape index (κ2) is 5.80. The third-order valence-corrected chi connectivity index (χ3v) is 2.76. The van der Waals surface area contributed by atoms with E-state index in [-0.39, 0.29) is 0 Å². The zero-order chi connectivity index (χ0) is 8.81. The Hall–Kier alpha value is 0.230. The molecule has 0 aromatic heterocycles. The fraction of sp³-hybridized carbons (Fsp3) is 0.333. The van der Waals surface area contributed by atoms with Crippen molar-refractivity contribution in [3.8, 4) is 0 Å². The van der Waals surface area contributed by atoms with Crippen molar-refractivity contribution < 1.29 is 0 Å². The van der Waals surface area contributed by atoms with Gasteiger partial charge in [0.25, 0.3) is 0 Å². The van der Waals surface area contributed by atoms with E-state index in [1.54, 1.807) is 0 Å². The summed E-state index contributed by atoms with van der Waals surface area (Å²) in [6, 6.07) is 8.43. The van der Waals surface area contributed by atoms with Crippen LogP contribution >= 0.6 is 38.5 Å². The predicted octanol–water partition coefficient (Wildman–Crippen LogP) is 3.49. The highest BCUT2D eigenvalue weighted by Gasteiger charge is 1.90. The summed E-state index contributed by atoms with van der Waals surface area (Å²) in [6.07, 6.45) is 1.16. The fourth-order valence-corrected chi connectivity index (χ4v) is 1.51. The van der Waals surface area contributed by atoms with Crippen LogP contribution in [0.15, 0.2) is 24.3 Å². The molecule has 0 radical (unpaired) electrons. The number of anilines is 1. The molecule has 0 unspecified atom stereocenters. The molecule has 0 atom stereocenters. The summed E-state index contributed by atoms with van der Waals surface area (Å²) < 4.78 is 1.28. The molecule has 1 aromatic rings. The lowest BCUT2D eigenvalue weighted by Crippen LogP contribution is -2.01. The third-order valence-electron chi connectivity index (χ3n) is 1.48. The van der Waals surface area contributed by atoms with Crippen LogP contribution in [0.4, 0.5) is 5.69 Å². The molecular formula is C9H11BrIN. The standard InChI is InChI=1S/C9H11BrIN/c10-6-1-7-12-9-4-2-8(11)3-5-9/h2-5,12H,1,6-7H2. The Bertz CT molecular complexity index is 222. The number of rotatable bonds is 4. The van der Waals surface area contributed by atoms with Crippen LogP contribution in [0.2, 0.25) is 0 Å². The molecule has 1 aromatic carbocycles. The van der Waals surface area contributed by atoms with Gasteiger partial charge < -0.3 is 5.32 Å². The Labute approximate surface area is 95.2 Å². The van der Waals surface area contributed by atoms with Crippen LogP contribution in [0.5, 0.6) is 0 Å². The maximum absolute atomic E-state index is 3.39. The van der Waals surface area contributed by atoms with Crippen molar-refractivity contribution in [2.75, 3.05) is 17.2 Å². The topological polar surface area (TPSA) is 12.0 Å². The monoisotopic (exact) mass is 339 g/mol. The van der Waals surface area contributed by atoms with E-state index in [1.807, 2.05) is 0 Å². The summed E-state index contributed by atoms with van der Waals surface area (Å²) in [7, 11) is 0. The number of alkyl halides is 1. The average molecular weight is 340 g/mol. The molecular weight excluding hydrogens is 329 g/mol. The second-order valence-electron chi connectivity index (χ2n) is 2.48. The van der Waals surface area contributed by atoms with Crippen molar-refractivity contribution in [1.29, 1.82) is 0 Å². The largest absolute Gasteiger partial charge is 0.385 e. The van der Waals surface area contributed by atoms with Crippen molar-refractivity contribution in [3.63, 3.8) is 0 Å². The molecule has 0 saturated carbocycles. The van der Waals surface area contributed by atoms with Gasteiger partial charge in [0.15, 0.2) is 0 Å². The first kappa shape index (κ1) is 10.3. The molecule has 0 aliphatic rings. The maximum Gasteiger partial charge on any atom is 0.0340 e. The van der Waals surface area contributed by atoms with Crippen LogP contribution in [0.1, 0.15) is 6.42 Å². The number of nitrogens with one attached hydrogen (secondary N) is 1. The van der Waals surface area contributed by atoms with Gasteiger partial charge in [-0.05, 0) is 53.3 Å².